The highest BCUT2D eigenvalue weighted by Gasteiger charge is 2.24. The van der Waals surface area contributed by atoms with Crippen LogP contribution >= 0.6 is 0 Å². The van der Waals surface area contributed by atoms with Crippen LogP contribution in [0.25, 0.3) is 0 Å². The van der Waals surface area contributed by atoms with Crippen LogP contribution in [-0.4, -0.2) is 38.1 Å². The van der Waals surface area contributed by atoms with Crippen molar-refractivity contribution < 1.29 is 0 Å². The highest BCUT2D eigenvalue weighted by Crippen LogP contribution is 2.36. The molecule has 2 aromatic carbocycles. The van der Waals surface area contributed by atoms with Gasteiger partial charge in [-0.25, -0.2) is 0 Å². The second-order valence-electron chi connectivity index (χ2n) is 13.2. The number of hydrogen-bond acceptors (Lipinski definition) is 3. The molecule has 2 aromatic rings. The Morgan fingerprint density at radius 2 is 1.42 bits per heavy atom. The molecule has 3 unspecified atom stereocenters. The van der Waals surface area contributed by atoms with Gasteiger partial charge in [0, 0.05) is 48.5 Å². The topological polar surface area (TPSA) is 9.72 Å². The number of anilines is 2. The first-order chi connectivity index (χ1) is 22.0. The third kappa shape index (κ3) is 7.43. The SMILES string of the molecule is CC1C2=CC=CC=CC(=C2)N(C)c2ccc1ccc1cc(c2)N(C2CCCCN(C)CC2)Cc2cccccccc(c2)C1C. The van der Waals surface area contributed by atoms with Crippen LogP contribution in [0.3, 0.4) is 0 Å². The van der Waals surface area contributed by atoms with Crippen molar-refractivity contribution in [2.75, 3.05) is 37.0 Å². The lowest BCUT2D eigenvalue weighted by atomic mass is 9.90. The second-order valence-corrected chi connectivity index (χ2v) is 13.2. The molecular formula is C42H49N3. The first-order valence-electron chi connectivity index (χ1n) is 16.9. The lowest BCUT2D eigenvalue weighted by Gasteiger charge is -2.37. The molecular weight excluding hydrogens is 546 g/mol. The molecule has 45 heavy (non-hydrogen) atoms. The average molecular weight is 596 g/mol. The van der Waals surface area contributed by atoms with Crippen LogP contribution in [-0.2, 0) is 6.54 Å². The molecule has 4 aliphatic rings. The van der Waals surface area contributed by atoms with Gasteiger partial charge in [0.1, 0.15) is 0 Å². The van der Waals surface area contributed by atoms with Gasteiger partial charge < -0.3 is 14.7 Å². The van der Waals surface area contributed by atoms with Gasteiger partial charge in [-0.1, -0.05) is 111 Å². The zero-order valence-corrected chi connectivity index (χ0v) is 27.6. The molecule has 3 nitrogen and oxygen atoms in total. The molecule has 0 N–H and O–H groups in total. The molecule has 3 aliphatic heterocycles. The summed E-state index contributed by atoms with van der Waals surface area (Å²) in [6, 6.07) is 32.7. The molecule has 3 heterocycles. The molecule has 0 aromatic heterocycles. The number of likely N-dealkylation sites (tertiary alicyclic amines) is 1. The third-order valence-corrected chi connectivity index (χ3v) is 10.1. The van der Waals surface area contributed by atoms with Gasteiger partial charge >= 0.3 is 0 Å². The van der Waals surface area contributed by atoms with Crippen molar-refractivity contribution in [1.29, 1.82) is 0 Å². The van der Waals surface area contributed by atoms with Crippen molar-refractivity contribution in [2.24, 2.45) is 0 Å². The number of rotatable bonds is 1. The van der Waals surface area contributed by atoms with E-state index in [0.29, 0.717) is 6.04 Å². The maximum atomic E-state index is 2.73. The Morgan fingerprint density at radius 3 is 2.31 bits per heavy atom. The van der Waals surface area contributed by atoms with Gasteiger partial charge in [-0.15, -0.1) is 0 Å². The van der Waals surface area contributed by atoms with Crippen molar-refractivity contribution in [3.63, 3.8) is 0 Å². The summed E-state index contributed by atoms with van der Waals surface area (Å²) in [5, 5.41) is 0. The Hall–Kier alpha value is -4.08. The van der Waals surface area contributed by atoms with Crippen molar-refractivity contribution in [2.45, 2.75) is 64.0 Å². The van der Waals surface area contributed by atoms with E-state index in [-0.39, 0.29) is 11.8 Å². The van der Waals surface area contributed by atoms with E-state index >= 15 is 0 Å². The Labute approximate surface area is 271 Å². The molecule has 1 fully saturated rings. The van der Waals surface area contributed by atoms with Crippen LogP contribution in [0.15, 0.2) is 133 Å². The Morgan fingerprint density at radius 1 is 0.644 bits per heavy atom. The highest BCUT2D eigenvalue weighted by atomic mass is 15.2. The van der Waals surface area contributed by atoms with Crippen LogP contribution in [0.2, 0.25) is 0 Å². The predicted octanol–water partition coefficient (Wildman–Crippen LogP) is 9.77. The van der Waals surface area contributed by atoms with E-state index in [2.05, 4.69) is 164 Å². The minimum absolute atomic E-state index is 0.229. The van der Waals surface area contributed by atoms with E-state index in [4.69, 9.17) is 0 Å². The second kappa shape index (κ2) is 14.3. The molecule has 3 heteroatoms. The first-order valence-corrected chi connectivity index (χ1v) is 16.9. The number of allylic oxidation sites excluding steroid dienone is 7. The lowest BCUT2D eigenvalue weighted by Crippen LogP contribution is -2.39. The molecule has 3 atom stereocenters. The summed E-state index contributed by atoms with van der Waals surface area (Å²) >= 11 is 0. The van der Waals surface area contributed by atoms with Gasteiger partial charge in [0.25, 0.3) is 0 Å². The average Bonchev–Trinajstić information content (AvgIpc) is 3.09. The van der Waals surface area contributed by atoms with E-state index in [9.17, 15) is 0 Å². The van der Waals surface area contributed by atoms with Crippen LogP contribution in [0.4, 0.5) is 11.4 Å². The Balaban J connectivity index is 1.64. The fraction of sp³-hybridized carbons (Fsp3) is 0.333. The summed E-state index contributed by atoms with van der Waals surface area (Å²) < 4.78 is 0. The van der Waals surface area contributed by atoms with Gasteiger partial charge in [-0.2, -0.15) is 0 Å². The molecule has 232 valence electrons. The lowest BCUT2D eigenvalue weighted by molar-refractivity contribution is 0.278. The molecule has 0 saturated carbocycles. The van der Waals surface area contributed by atoms with E-state index in [1.165, 1.54) is 70.7 Å². The maximum absolute atomic E-state index is 2.73. The Bertz CT molecular complexity index is 1630. The van der Waals surface area contributed by atoms with E-state index in [1.807, 2.05) is 0 Å². The maximum Gasteiger partial charge on any atom is 0.0432 e. The smallest absolute Gasteiger partial charge is 0.0432 e. The van der Waals surface area contributed by atoms with Crippen molar-refractivity contribution in [3.8, 4) is 0 Å². The monoisotopic (exact) mass is 595 g/mol. The summed E-state index contributed by atoms with van der Waals surface area (Å²) in [7, 11) is 4.50. The quantitative estimate of drug-likeness (QED) is 0.325. The number of nitrogens with zero attached hydrogens (tertiary/aromatic N) is 3. The van der Waals surface area contributed by atoms with Crippen molar-refractivity contribution in [1.82, 2.24) is 4.90 Å². The fourth-order valence-electron chi connectivity index (χ4n) is 7.03. The van der Waals surface area contributed by atoms with Gasteiger partial charge in [-0.05, 0) is 97.6 Å². The van der Waals surface area contributed by atoms with E-state index in [1.54, 1.807) is 0 Å². The summed E-state index contributed by atoms with van der Waals surface area (Å²) in [4.78, 5) is 7.62. The summed E-state index contributed by atoms with van der Waals surface area (Å²) in [5.41, 5.74) is 10.4. The van der Waals surface area contributed by atoms with Gasteiger partial charge in [-0.3, -0.25) is 0 Å². The molecule has 1 aliphatic carbocycles. The highest BCUT2D eigenvalue weighted by molar-refractivity contribution is 5.64. The predicted molar refractivity (Wildman–Crippen MR) is 193 cm³/mol. The number of fused-ring (bicyclic) bond motifs is 8. The summed E-state index contributed by atoms with van der Waals surface area (Å²) in [6.45, 7) is 7.90. The minimum atomic E-state index is 0.229. The van der Waals surface area contributed by atoms with Crippen LogP contribution in [0.5, 0.6) is 0 Å². The minimum Gasteiger partial charge on any atom is -0.364 e. The molecule has 0 spiro atoms. The Kier molecular flexibility index (Phi) is 9.86. The molecule has 6 rings (SSSR count). The summed E-state index contributed by atoms with van der Waals surface area (Å²) in [5.74, 6) is 0.488. The molecule has 0 radical (unpaired) electrons. The zero-order valence-electron chi connectivity index (χ0n) is 27.6. The molecule has 8 bridgehead atoms. The van der Waals surface area contributed by atoms with Crippen molar-refractivity contribution >= 4 is 11.4 Å². The van der Waals surface area contributed by atoms with E-state index < -0.39 is 0 Å². The van der Waals surface area contributed by atoms with Crippen LogP contribution < -0.4 is 9.80 Å². The zero-order chi connectivity index (χ0) is 31.2. The summed E-state index contributed by atoms with van der Waals surface area (Å²) in [6.07, 6.45) is 18.2. The van der Waals surface area contributed by atoms with Crippen molar-refractivity contribution in [3.05, 3.63) is 155 Å². The van der Waals surface area contributed by atoms with Crippen LogP contribution in [0.1, 0.15) is 73.6 Å². The molecule has 1 saturated heterocycles. The van der Waals surface area contributed by atoms with Gasteiger partial charge in [0.2, 0.25) is 0 Å². The molecule has 0 amide bonds. The number of hydrogen-bond donors (Lipinski definition) is 0. The van der Waals surface area contributed by atoms with Gasteiger partial charge in [0.05, 0.1) is 0 Å². The first kappa shape index (κ1) is 30.9. The van der Waals surface area contributed by atoms with E-state index in [0.717, 1.165) is 19.5 Å². The third-order valence-electron chi connectivity index (χ3n) is 10.1. The van der Waals surface area contributed by atoms with Gasteiger partial charge in [0.15, 0.2) is 0 Å². The number of likely N-dealkylation sites (N-methyl/N-ethyl adjacent to an activating group) is 1. The normalized spacial score (nSPS) is 22.6. The fourth-order valence-corrected chi connectivity index (χ4v) is 7.03. The largest absolute Gasteiger partial charge is 0.364 e. The standard InChI is InChI=1S/C42H49N3/c1-32-35-20-21-38-29-42(30-41(23-22-35)44(4)40-19-12-8-11-17-37(32)28-40)45(39-18-13-14-25-43(3)26-24-39)31-34-15-9-6-5-7-10-16-36(27-34)33(38)2/h5-12,15-17,19-23,27-30,32-33,39H,13-14,18,24-26,31H2,1-4H3. The van der Waals surface area contributed by atoms with Crippen LogP contribution in [0, 0.1) is 0 Å².